The van der Waals surface area contributed by atoms with Gasteiger partial charge in [0.15, 0.2) is 0 Å². The van der Waals surface area contributed by atoms with E-state index in [1.165, 1.54) is 12.1 Å². The SMILES string of the molecule is CC(C)(C)OC(=O)NNC(=O)c1ccc(C(=O)O)cc1Cl. The fourth-order valence-corrected chi connectivity index (χ4v) is 1.58. The summed E-state index contributed by atoms with van der Waals surface area (Å²) in [6, 6.07) is 3.63. The van der Waals surface area contributed by atoms with Crippen LogP contribution in [0.1, 0.15) is 41.5 Å². The van der Waals surface area contributed by atoms with Crippen LogP contribution in [0.5, 0.6) is 0 Å². The van der Waals surface area contributed by atoms with Crippen LogP contribution >= 0.6 is 11.6 Å². The second-order valence-electron chi connectivity index (χ2n) is 5.08. The molecular weight excluding hydrogens is 300 g/mol. The third-order valence-electron chi connectivity index (χ3n) is 2.14. The summed E-state index contributed by atoms with van der Waals surface area (Å²) in [6.07, 6.45) is -0.825. The van der Waals surface area contributed by atoms with E-state index >= 15 is 0 Å². The van der Waals surface area contributed by atoms with E-state index in [1.807, 2.05) is 0 Å². The third-order valence-corrected chi connectivity index (χ3v) is 2.45. The van der Waals surface area contributed by atoms with Crippen molar-refractivity contribution < 1.29 is 24.2 Å². The van der Waals surface area contributed by atoms with Gasteiger partial charge in [-0.05, 0) is 39.0 Å². The number of carbonyl (C=O) groups is 3. The topological polar surface area (TPSA) is 105 Å². The van der Waals surface area contributed by atoms with Crippen LogP contribution in [-0.2, 0) is 4.74 Å². The summed E-state index contributed by atoms with van der Waals surface area (Å²) in [4.78, 5) is 33.9. The molecule has 1 aromatic rings. The molecule has 0 fully saturated rings. The van der Waals surface area contributed by atoms with Gasteiger partial charge in [-0.1, -0.05) is 11.6 Å². The van der Waals surface area contributed by atoms with Crippen LogP contribution in [0.25, 0.3) is 0 Å². The monoisotopic (exact) mass is 314 g/mol. The van der Waals surface area contributed by atoms with Gasteiger partial charge in [0, 0.05) is 0 Å². The highest BCUT2D eigenvalue weighted by atomic mass is 35.5. The second-order valence-corrected chi connectivity index (χ2v) is 5.49. The highest BCUT2D eigenvalue weighted by Gasteiger charge is 2.18. The molecule has 0 bridgehead atoms. The molecule has 0 aliphatic heterocycles. The largest absolute Gasteiger partial charge is 0.478 e. The lowest BCUT2D eigenvalue weighted by Gasteiger charge is -2.19. The fourth-order valence-electron chi connectivity index (χ4n) is 1.31. The summed E-state index contributed by atoms with van der Waals surface area (Å²) in [5.41, 5.74) is 3.46. The van der Waals surface area contributed by atoms with Crippen LogP contribution in [0.4, 0.5) is 4.79 Å². The number of hydrogen-bond donors (Lipinski definition) is 3. The van der Waals surface area contributed by atoms with Crippen molar-refractivity contribution in [1.29, 1.82) is 0 Å². The van der Waals surface area contributed by atoms with Gasteiger partial charge < -0.3 is 9.84 Å². The minimum Gasteiger partial charge on any atom is -0.478 e. The zero-order chi connectivity index (χ0) is 16.2. The number of carbonyl (C=O) groups excluding carboxylic acids is 2. The Morgan fingerprint density at radius 3 is 2.29 bits per heavy atom. The molecule has 114 valence electrons. The number of amides is 2. The fraction of sp³-hybridized carbons (Fsp3) is 0.308. The van der Waals surface area contributed by atoms with Crippen LogP contribution in [0.2, 0.25) is 5.02 Å². The van der Waals surface area contributed by atoms with Gasteiger partial charge in [0.25, 0.3) is 5.91 Å². The van der Waals surface area contributed by atoms with Crippen molar-refractivity contribution in [2.45, 2.75) is 26.4 Å². The number of hydrazine groups is 1. The Morgan fingerprint density at radius 2 is 1.81 bits per heavy atom. The minimum atomic E-state index is -1.16. The molecule has 1 aromatic carbocycles. The summed E-state index contributed by atoms with van der Waals surface area (Å²) in [7, 11) is 0. The summed E-state index contributed by atoms with van der Waals surface area (Å²) < 4.78 is 4.93. The predicted octanol–water partition coefficient (Wildman–Crippen LogP) is 2.21. The Kier molecular flexibility index (Phi) is 5.15. The van der Waals surface area contributed by atoms with Gasteiger partial charge >= 0.3 is 12.1 Å². The van der Waals surface area contributed by atoms with Gasteiger partial charge in [0.1, 0.15) is 5.60 Å². The first-order chi connectivity index (χ1) is 9.60. The molecule has 0 unspecified atom stereocenters. The highest BCUT2D eigenvalue weighted by Crippen LogP contribution is 2.17. The van der Waals surface area contributed by atoms with Crippen molar-refractivity contribution in [2.75, 3.05) is 0 Å². The van der Waals surface area contributed by atoms with Gasteiger partial charge in [-0.2, -0.15) is 0 Å². The molecule has 0 aromatic heterocycles. The quantitative estimate of drug-likeness (QED) is 0.726. The van der Waals surface area contributed by atoms with Gasteiger partial charge in [0.05, 0.1) is 16.1 Å². The number of halogens is 1. The Balaban J connectivity index is 2.68. The van der Waals surface area contributed by atoms with Crippen molar-refractivity contribution in [1.82, 2.24) is 10.9 Å². The van der Waals surface area contributed by atoms with Gasteiger partial charge in [-0.15, -0.1) is 0 Å². The van der Waals surface area contributed by atoms with Crippen LogP contribution in [0.15, 0.2) is 18.2 Å². The normalized spacial score (nSPS) is 10.7. The maximum atomic E-state index is 11.8. The molecule has 0 atom stereocenters. The zero-order valence-electron chi connectivity index (χ0n) is 11.7. The number of nitrogens with one attached hydrogen (secondary N) is 2. The van der Waals surface area contributed by atoms with E-state index in [2.05, 4.69) is 10.9 Å². The summed E-state index contributed by atoms with van der Waals surface area (Å²) in [5.74, 6) is -1.85. The molecule has 8 heteroatoms. The lowest BCUT2D eigenvalue weighted by Crippen LogP contribution is -2.44. The summed E-state index contributed by atoms with van der Waals surface area (Å²) in [6.45, 7) is 5.03. The smallest absolute Gasteiger partial charge is 0.426 e. The molecule has 0 radical (unpaired) electrons. The van der Waals surface area contributed by atoms with E-state index in [-0.39, 0.29) is 16.1 Å². The van der Waals surface area contributed by atoms with E-state index in [4.69, 9.17) is 21.4 Å². The number of carboxylic acid groups (broad SMARTS) is 1. The molecular formula is C13H15ClN2O5. The Bertz CT molecular complexity index is 580. The van der Waals surface area contributed by atoms with E-state index < -0.39 is 23.6 Å². The molecule has 0 aliphatic rings. The predicted molar refractivity (Wildman–Crippen MR) is 75.2 cm³/mol. The van der Waals surface area contributed by atoms with Crippen LogP contribution in [0, 0.1) is 0 Å². The van der Waals surface area contributed by atoms with Gasteiger partial charge in [0.2, 0.25) is 0 Å². The molecule has 3 N–H and O–H groups in total. The van der Waals surface area contributed by atoms with Crippen molar-refractivity contribution in [2.24, 2.45) is 0 Å². The molecule has 0 aliphatic carbocycles. The van der Waals surface area contributed by atoms with E-state index in [1.54, 1.807) is 20.8 Å². The Morgan fingerprint density at radius 1 is 1.19 bits per heavy atom. The van der Waals surface area contributed by atoms with Crippen LogP contribution in [0.3, 0.4) is 0 Å². The summed E-state index contributed by atoms with van der Waals surface area (Å²) in [5, 5.41) is 8.75. The second kappa shape index (κ2) is 6.45. The Hall–Kier alpha value is -2.28. The molecule has 0 heterocycles. The van der Waals surface area contributed by atoms with E-state index in [9.17, 15) is 14.4 Å². The number of aromatic carboxylic acids is 1. The average molecular weight is 315 g/mol. The van der Waals surface area contributed by atoms with Crippen LogP contribution in [-0.4, -0.2) is 28.7 Å². The maximum absolute atomic E-state index is 11.8. The number of carboxylic acids is 1. The number of hydrogen-bond acceptors (Lipinski definition) is 4. The molecule has 0 saturated heterocycles. The van der Waals surface area contributed by atoms with E-state index in [0.717, 1.165) is 6.07 Å². The Labute approximate surface area is 126 Å². The summed E-state index contributed by atoms with van der Waals surface area (Å²) >= 11 is 5.82. The standard InChI is InChI=1S/C13H15ClN2O5/c1-13(2,3)21-12(20)16-15-10(17)8-5-4-7(11(18)19)6-9(8)14/h4-6H,1-3H3,(H,15,17)(H,16,20)(H,18,19). The number of benzene rings is 1. The zero-order valence-corrected chi connectivity index (χ0v) is 12.4. The number of ether oxygens (including phenoxy) is 1. The first-order valence-corrected chi connectivity index (χ1v) is 6.30. The van der Waals surface area contributed by atoms with Gasteiger partial charge in [-0.3, -0.25) is 10.2 Å². The van der Waals surface area contributed by atoms with Crippen molar-refractivity contribution >= 4 is 29.6 Å². The van der Waals surface area contributed by atoms with Crippen molar-refractivity contribution in [3.05, 3.63) is 34.3 Å². The maximum Gasteiger partial charge on any atom is 0.426 e. The first kappa shape index (κ1) is 16.8. The first-order valence-electron chi connectivity index (χ1n) is 5.92. The van der Waals surface area contributed by atoms with Gasteiger partial charge in [-0.25, -0.2) is 15.0 Å². The lowest BCUT2D eigenvalue weighted by molar-refractivity contribution is 0.0483. The number of rotatable bonds is 2. The van der Waals surface area contributed by atoms with Crippen LogP contribution < -0.4 is 10.9 Å². The van der Waals surface area contributed by atoms with E-state index in [0.29, 0.717) is 0 Å². The van der Waals surface area contributed by atoms with Crippen molar-refractivity contribution in [3.63, 3.8) is 0 Å². The minimum absolute atomic E-state index is 0.0257. The average Bonchev–Trinajstić information content (AvgIpc) is 2.33. The molecule has 1 rings (SSSR count). The van der Waals surface area contributed by atoms with Crippen molar-refractivity contribution in [3.8, 4) is 0 Å². The molecule has 0 spiro atoms. The lowest BCUT2D eigenvalue weighted by atomic mass is 10.1. The molecule has 2 amide bonds. The highest BCUT2D eigenvalue weighted by molar-refractivity contribution is 6.34. The molecule has 7 nitrogen and oxygen atoms in total. The third kappa shape index (κ3) is 5.31. The molecule has 0 saturated carbocycles. The molecule has 21 heavy (non-hydrogen) atoms.